The van der Waals surface area contributed by atoms with Gasteiger partial charge in [0.2, 0.25) is 17.7 Å². The van der Waals surface area contributed by atoms with E-state index in [1.807, 2.05) is 12.1 Å². The first kappa shape index (κ1) is 54.2. The summed E-state index contributed by atoms with van der Waals surface area (Å²) in [7, 11) is 0. The van der Waals surface area contributed by atoms with Crippen LogP contribution in [0.2, 0.25) is 0 Å². The van der Waals surface area contributed by atoms with Crippen LogP contribution in [-0.2, 0) is 78.9 Å². The fourth-order valence-electron chi connectivity index (χ4n) is 5.93. The monoisotopic (exact) mass is 969 g/mol. The van der Waals surface area contributed by atoms with Gasteiger partial charge >= 0.3 is 30.1 Å². The van der Waals surface area contributed by atoms with Gasteiger partial charge in [-0.15, -0.1) is 0 Å². The van der Waals surface area contributed by atoms with Crippen LogP contribution in [0.15, 0.2) is 121 Å². The Kier molecular flexibility index (Phi) is 22.5. The van der Waals surface area contributed by atoms with E-state index < -0.39 is 90.5 Å². The van der Waals surface area contributed by atoms with Crippen LogP contribution in [0.25, 0.3) is 0 Å². The van der Waals surface area contributed by atoms with Crippen LogP contribution in [0.5, 0.6) is 0 Å². The number of carbonyl (C=O) groups excluding carboxylic acids is 8. The van der Waals surface area contributed by atoms with Gasteiger partial charge in [-0.1, -0.05) is 121 Å². The molecule has 19 heteroatoms. The van der Waals surface area contributed by atoms with Crippen molar-refractivity contribution in [2.75, 3.05) is 18.1 Å². The fourth-order valence-corrected chi connectivity index (χ4v) is 6.99. The van der Waals surface area contributed by atoms with Gasteiger partial charge in [-0.3, -0.25) is 19.2 Å². The van der Waals surface area contributed by atoms with Crippen molar-refractivity contribution in [2.24, 2.45) is 0 Å². The molecule has 0 aromatic heterocycles. The van der Waals surface area contributed by atoms with E-state index in [0.29, 0.717) is 16.7 Å². The summed E-state index contributed by atoms with van der Waals surface area (Å²) in [6.45, 7) is 5.43. The molecule has 0 saturated carbocycles. The van der Waals surface area contributed by atoms with Gasteiger partial charge in [0.15, 0.2) is 0 Å². The molecule has 0 heterocycles. The molecule has 4 aromatic carbocycles. The number of nitrogens with one attached hydrogen (secondary N) is 5. The molecule has 4 atom stereocenters. The molecule has 0 radical (unpaired) electrons. The molecular formula is C50H59N5O13S. The minimum atomic E-state index is -1.38. The number of rotatable bonds is 25. The Hall–Kier alpha value is -7.41. The minimum absolute atomic E-state index is 0.0462. The second-order valence-corrected chi connectivity index (χ2v) is 17.5. The van der Waals surface area contributed by atoms with Crippen molar-refractivity contribution in [3.8, 4) is 0 Å². The van der Waals surface area contributed by atoms with Crippen LogP contribution in [0, 0.1) is 0 Å². The quantitative estimate of drug-likeness (QED) is 0.0433. The van der Waals surface area contributed by atoms with Crippen LogP contribution >= 0.6 is 11.8 Å². The molecule has 368 valence electrons. The summed E-state index contributed by atoms with van der Waals surface area (Å²) in [5, 5.41) is 12.6. The highest BCUT2D eigenvalue weighted by atomic mass is 32.2. The third kappa shape index (κ3) is 21.8. The van der Waals surface area contributed by atoms with Gasteiger partial charge < -0.3 is 50.3 Å². The largest absolute Gasteiger partial charge is 0.460 e. The number of benzene rings is 4. The average molecular weight is 970 g/mol. The zero-order valence-corrected chi connectivity index (χ0v) is 39.8. The van der Waals surface area contributed by atoms with Crippen molar-refractivity contribution in [3.63, 3.8) is 0 Å². The maximum absolute atomic E-state index is 13.7. The first-order chi connectivity index (χ1) is 33.0. The van der Waals surface area contributed by atoms with E-state index >= 15 is 0 Å². The lowest BCUT2D eigenvalue weighted by atomic mass is 10.1. The van der Waals surface area contributed by atoms with Gasteiger partial charge in [-0.05, 0) is 56.4 Å². The number of carbonyl (C=O) groups is 8. The van der Waals surface area contributed by atoms with Crippen LogP contribution in [0.4, 0.5) is 9.59 Å². The van der Waals surface area contributed by atoms with E-state index in [-0.39, 0.29) is 44.4 Å². The summed E-state index contributed by atoms with van der Waals surface area (Å²) in [4.78, 5) is 105. The molecule has 4 aromatic rings. The zero-order chi connectivity index (χ0) is 50.0. The molecule has 0 fully saturated rings. The van der Waals surface area contributed by atoms with Crippen molar-refractivity contribution in [3.05, 3.63) is 144 Å². The van der Waals surface area contributed by atoms with Crippen LogP contribution in [-0.4, -0.2) is 95.6 Å². The maximum Gasteiger partial charge on any atom is 0.408 e. The van der Waals surface area contributed by atoms with E-state index in [1.165, 1.54) is 6.92 Å². The zero-order valence-electron chi connectivity index (χ0n) is 38.9. The molecule has 4 rings (SSSR count). The molecule has 0 spiro atoms. The Morgan fingerprint density at radius 3 is 1.45 bits per heavy atom. The van der Waals surface area contributed by atoms with Gasteiger partial charge in [-0.25, -0.2) is 19.2 Å². The van der Waals surface area contributed by atoms with Crippen LogP contribution < -0.4 is 26.6 Å². The molecule has 69 heavy (non-hydrogen) atoms. The van der Waals surface area contributed by atoms with Gasteiger partial charge in [0.1, 0.15) is 62.7 Å². The highest BCUT2D eigenvalue weighted by Gasteiger charge is 2.30. The molecule has 0 saturated heterocycles. The van der Waals surface area contributed by atoms with Crippen molar-refractivity contribution in [1.29, 1.82) is 0 Å². The number of hydrogen-bond donors (Lipinski definition) is 5. The number of amides is 5. The normalized spacial score (nSPS) is 12.6. The molecule has 0 unspecified atom stereocenters. The maximum atomic E-state index is 13.7. The fraction of sp³-hybridized carbons (Fsp3) is 0.360. The van der Waals surface area contributed by atoms with Crippen molar-refractivity contribution < 1.29 is 62.0 Å². The molecule has 0 aliphatic carbocycles. The number of alkyl carbamates (subject to hydrolysis) is 2. The first-order valence-electron chi connectivity index (χ1n) is 22.1. The summed E-state index contributed by atoms with van der Waals surface area (Å²) in [5.74, 6) is -5.06. The highest BCUT2D eigenvalue weighted by molar-refractivity contribution is 7.99. The lowest BCUT2D eigenvalue weighted by molar-refractivity contribution is -0.149. The summed E-state index contributed by atoms with van der Waals surface area (Å²) in [5.41, 5.74) is 1.94. The van der Waals surface area contributed by atoms with Gasteiger partial charge in [0.25, 0.3) is 0 Å². The van der Waals surface area contributed by atoms with E-state index in [9.17, 15) is 38.4 Å². The number of ether oxygens (including phenoxy) is 5. The number of esters is 3. The Balaban J connectivity index is 1.46. The summed E-state index contributed by atoms with van der Waals surface area (Å²) < 4.78 is 26.9. The molecule has 0 aliphatic rings. The van der Waals surface area contributed by atoms with E-state index in [0.717, 1.165) is 17.3 Å². The Morgan fingerprint density at radius 2 is 0.957 bits per heavy atom. The van der Waals surface area contributed by atoms with Crippen molar-refractivity contribution in [2.45, 2.75) is 96.7 Å². The van der Waals surface area contributed by atoms with Gasteiger partial charge in [-0.2, -0.15) is 11.8 Å². The second kappa shape index (κ2) is 28.7. The average Bonchev–Trinajstić information content (AvgIpc) is 3.33. The summed E-state index contributed by atoms with van der Waals surface area (Å²) in [6.07, 6.45) is -2.50. The second-order valence-electron chi connectivity index (χ2n) is 16.4. The Labute approximate surface area is 405 Å². The first-order valence-corrected chi connectivity index (χ1v) is 23.2. The molecule has 5 amide bonds. The van der Waals surface area contributed by atoms with E-state index in [4.69, 9.17) is 23.7 Å². The van der Waals surface area contributed by atoms with E-state index in [1.54, 1.807) is 130 Å². The SMILES string of the molecule is C[C@H](NC(=O)OC(C)(C)C)C(=O)N[C@H](CCC(=O)N[C@H](CSC[C@H](NC(=O)OCc1ccccc1)C(=O)OCc1ccccc1)C(=O)NCC(=O)OCc1ccccc1)C(=O)OCc1ccccc1. The minimum Gasteiger partial charge on any atom is -0.460 e. The smallest absolute Gasteiger partial charge is 0.408 e. The molecule has 18 nitrogen and oxygen atoms in total. The molecular weight excluding hydrogens is 911 g/mol. The topological polar surface area (TPSA) is 243 Å². The predicted octanol–water partition coefficient (Wildman–Crippen LogP) is 5.02. The Morgan fingerprint density at radius 1 is 0.507 bits per heavy atom. The molecule has 5 N–H and O–H groups in total. The third-order valence-electron chi connectivity index (χ3n) is 9.50. The predicted molar refractivity (Wildman–Crippen MR) is 255 cm³/mol. The number of thioether (sulfide) groups is 1. The third-order valence-corrected chi connectivity index (χ3v) is 10.6. The van der Waals surface area contributed by atoms with Crippen molar-refractivity contribution >= 4 is 59.6 Å². The summed E-state index contributed by atoms with van der Waals surface area (Å²) in [6, 6.07) is 30.3. The molecule has 0 aliphatic heterocycles. The highest BCUT2D eigenvalue weighted by Crippen LogP contribution is 2.13. The summed E-state index contributed by atoms with van der Waals surface area (Å²) >= 11 is 1.00. The molecule has 0 bridgehead atoms. The lowest BCUT2D eigenvalue weighted by Crippen LogP contribution is -2.52. The van der Waals surface area contributed by atoms with Crippen molar-refractivity contribution in [1.82, 2.24) is 26.6 Å². The van der Waals surface area contributed by atoms with Gasteiger partial charge in [0.05, 0.1) is 0 Å². The van der Waals surface area contributed by atoms with Crippen LogP contribution in [0.1, 0.15) is 62.8 Å². The van der Waals surface area contributed by atoms with E-state index in [2.05, 4.69) is 26.6 Å². The number of hydrogen-bond acceptors (Lipinski definition) is 14. The standard InChI is InChI=1S/C50H59N5O13S/c1-34(52-49(63)68-50(2,3)4)44(58)54-39(46(60)65-29-36-19-11-6-12-20-36)25-26-42(56)53-40(45(59)51-27-43(57)64-28-35-17-9-5-10-18-35)32-69-33-41(47(61)66-30-37-21-13-7-14-22-37)55-48(62)67-31-38-23-15-8-16-24-38/h5-24,34,39-41H,25-33H2,1-4H3,(H,51,59)(H,52,63)(H,53,56)(H,54,58)(H,55,62)/t34-,39+,40+,41-/m0/s1. The lowest BCUT2D eigenvalue weighted by Gasteiger charge is -2.23. The Bertz CT molecular complexity index is 2280. The van der Waals surface area contributed by atoms with Gasteiger partial charge in [0, 0.05) is 17.9 Å². The van der Waals surface area contributed by atoms with Crippen LogP contribution in [0.3, 0.4) is 0 Å².